The highest BCUT2D eigenvalue weighted by atomic mass is 35.5. The Kier molecular flexibility index (Phi) is 5.64. The number of benzene rings is 3. The Morgan fingerprint density at radius 1 is 1.03 bits per heavy atom. The Balaban J connectivity index is 1.42. The number of hydrogen-bond acceptors (Lipinski definition) is 4. The molecule has 0 amide bonds. The second kappa shape index (κ2) is 8.45. The average Bonchev–Trinajstić information content (AvgIpc) is 3.06. The standard InChI is InChI=1S/C25H18Cl3NO3/c1-14-24-17(12-29(13-31-24)11-16-5-6-19(27)10-21(16)28)9-20-23(30)22(32-25(14)20)8-15-3-2-4-18(26)7-15/h2-10H,11-13H2,1H3/b22-8-. The van der Waals surface area contributed by atoms with Gasteiger partial charge in [-0.2, -0.15) is 0 Å². The summed E-state index contributed by atoms with van der Waals surface area (Å²) in [4.78, 5) is 15.2. The number of ether oxygens (including phenoxy) is 2. The zero-order valence-electron chi connectivity index (χ0n) is 17.1. The van der Waals surface area contributed by atoms with Crippen LogP contribution in [0, 0.1) is 6.92 Å². The molecule has 4 nitrogen and oxygen atoms in total. The zero-order valence-corrected chi connectivity index (χ0v) is 19.4. The van der Waals surface area contributed by atoms with Crippen LogP contribution in [0.15, 0.2) is 54.3 Å². The molecule has 3 aromatic rings. The van der Waals surface area contributed by atoms with Gasteiger partial charge in [0.05, 0.1) is 5.56 Å². The van der Waals surface area contributed by atoms with Crippen molar-refractivity contribution >= 4 is 46.7 Å². The minimum absolute atomic E-state index is 0.149. The van der Waals surface area contributed by atoms with Crippen LogP contribution in [0.5, 0.6) is 11.5 Å². The van der Waals surface area contributed by atoms with Gasteiger partial charge in [-0.15, -0.1) is 0 Å². The fourth-order valence-electron chi connectivity index (χ4n) is 4.04. The number of carbonyl (C=O) groups is 1. The highest BCUT2D eigenvalue weighted by Gasteiger charge is 2.33. The zero-order chi connectivity index (χ0) is 22.4. The first-order chi connectivity index (χ1) is 15.4. The molecule has 0 bridgehead atoms. The molecule has 0 aromatic heterocycles. The van der Waals surface area contributed by atoms with E-state index in [4.69, 9.17) is 44.3 Å². The molecule has 2 aliphatic heterocycles. The Morgan fingerprint density at radius 3 is 2.62 bits per heavy atom. The van der Waals surface area contributed by atoms with E-state index >= 15 is 0 Å². The third kappa shape index (κ3) is 4.00. The minimum atomic E-state index is -0.149. The number of hydrogen-bond donors (Lipinski definition) is 0. The van der Waals surface area contributed by atoms with Crippen molar-refractivity contribution in [3.8, 4) is 11.5 Å². The van der Waals surface area contributed by atoms with Crippen molar-refractivity contribution in [2.45, 2.75) is 20.0 Å². The monoisotopic (exact) mass is 485 g/mol. The number of Topliss-reactive ketones (excluding diaryl/α,β-unsaturated/α-hetero) is 1. The topological polar surface area (TPSA) is 38.8 Å². The molecule has 0 aliphatic carbocycles. The van der Waals surface area contributed by atoms with Crippen molar-refractivity contribution in [1.29, 1.82) is 0 Å². The van der Waals surface area contributed by atoms with Gasteiger partial charge in [-0.05, 0) is 54.5 Å². The number of allylic oxidation sites excluding steroid dienone is 1. The minimum Gasteiger partial charge on any atom is -0.477 e. The SMILES string of the molecule is Cc1c2c(cc3c1O/C(=C\c1cccc(Cl)c1)C3=O)CN(Cc1ccc(Cl)cc1Cl)CO2. The normalized spacial score (nSPS) is 16.5. The lowest BCUT2D eigenvalue weighted by atomic mass is 10.00. The number of carbonyl (C=O) groups excluding carboxylic acids is 1. The Labute approximate surface area is 200 Å². The third-order valence-electron chi connectivity index (χ3n) is 5.56. The van der Waals surface area contributed by atoms with E-state index in [0.717, 1.165) is 28.0 Å². The molecule has 0 fully saturated rings. The second-order valence-corrected chi connectivity index (χ2v) is 9.14. The molecule has 0 saturated carbocycles. The first kappa shape index (κ1) is 21.4. The molecule has 32 heavy (non-hydrogen) atoms. The molecule has 0 unspecified atom stereocenters. The van der Waals surface area contributed by atoms with E-state index in [2.05, 4.69) is 4.90 Å². The Hall–Kier alpha value is -2.50. The first-order valence-corrected chi connectivity index (χ1v) is 11.2. The van der Waals surface area contributed by atoms with E-state index in [0.29, 0.717) is 46.2 Å². The van der Waals surface area contributed by atoms with Crippen molar-refractivity contribution in [1.82, 2.24) is 4.90 Å². The van der Waals surface area contributed by atoms with Crippen molar-refractivity contribution < 1.29 is 14.3 Å². The van der Waals surface area contributed by atoms with Crippen LogP contribution in [0.1, 0.15) is 32.6 Å². The average molecular weight is 487 g/mol. The summed E-state index contributed by atoms with van der Waals surface area (Å²) in [5, 5.41) is 1.82. The van der Waals surface area contributed by atoms with Crippen LogP contribution in [-0.2, 0) is 13.1 Å². The smallest absolute Gasteiger partial charge is 0.231 e. The summed E-state index contributed by atoms with van der Waals surface area (Å²) in [6.07, 6.45) is 1.71. The summed E-state index contributed by atoms with van der Waals surface area (Å²) in [5.74, 6) is 1.44. The van der Waals surface area contributed by atoms with Gasteiger partial charge in [0, 0.05) is 39.3 Å². The molecule has 2 aliphatic rings. The van der Waals surface area contributed by atoms with E-state index in [-0.39, 0.29) is 11.5 Å². The number of halogens is 3. The summed E-state index contributed by atoms with van der Waals surface area (Å²) in [6.45, 7) is 3.56. The van der Waals surface area contributed by atoms with Crippen LogP contribution in [0.25, 0.3) is 6.08 Å². The largest absolute Gasteiger partial charge is 0.477 e. The molecule has 0 spiro atoms. The highest BCUT2D eigenvalue weighted by Crippen LogP contribution is 2.43. The number of nitrogens with zero attached hydrogens (tertiary/aromatic N) is 1. The molecule has 0 saturated heterocycles. The van der Waals surface area contributed by atoms with Crippen molar-refractivity contribution in [3.63, 3.8) is 0 Å². The molecule has 162 valence electrons. The van der Waals surface area contributed by atoms with Gasteiger partial charge < -0.3 is 9.47 Å². The van der Waals surface area contributed by atoms with Gasteiger partial charge in [0.1, 0.15) is 18.2 Å². The van der Waals surface area contributed by atoms with Crippen molar-refractivity contribution in [3.05, 3.63) is 97.2 Å². The van der Waals surface area contributed by atoms with E-state index in [1.54, 1.807) is 24.3 Å². The Bertz CT molecular complexity index is 1290. The summed E-state index contributed by atoms with van der Waals surface area (Å²) in [7, 11) is 0. The maximum Gasteiger partial charge on any atom is 0.231 e. The van der Waals surface area contributed by atoms with Gasteiger partial charge in [0.15, 0.2) is 5.76 Å². The molecule has 0 radical (unpaired) electrons. The lowest BCUT2D eigenvalue weighted by Gasteiger charge is -2.30. The molecule has 5 rings (SSSR count). The summed E-state index contributed by atoms with van der Waals surface area (Å²) >= 11 is 18.4. The van der Waals surface area contributed by atoms with Crippen LogP contribution in [0.4, 0.5) is 0 Å². The summed E-state index contributed by atoms with van der Waals surface area (Å²) in [6, 6.07) is 14.6. The molecule has 0 N–H and O–H groups in total. The maximum atomic E-state index is 13.1. The molecule has 0 atom stereocenters. The quantitative estimate of drug-likeness (QED) is 0.377. The Morgan fingerprint density at radius 2 is 1.84 bits per heavy atom. The maximum absolute atomic E-state index is 13.1. The molecular weight excluding hydrogens is 469 g/mol. The van der Waals surface area contributed by atoms with Crippen LogP contribution in [0.2, 0.25) is 15.1 Å². The summed E-state index contributed by atoms with van der Waals surface area (Å²) < 4.78 is 12.0. The van der Waals surface area contributed by atoms with Gasteiger partial charge >= 0.3 is 0 Å². The predicted octanol–water partition coefficient (Wildman–Crippen LogP) is 6.92. The van der Waals surface area contributed by atoms with E-state index in [1.807, 2.05) is 37.3 Å². The van der Waals surface area contributed by atoms with Gasteiger partial charge in [0.25, 0.3) is 0 Å². The van der Waals surface area contributed by atoms with E-state index in [1.165, 1.54) is 0 Å². The van der Waals surface area contributed by atoms with E-state index in [9.17, 15) is 4.79 Å². The van der Waals surface area contributed by atoms with Crippen molar-refractivity contribution in [2.75, 3.05) is 6.73 Å². The molecule has 2 heterocycles. The molecule has 3 aromatic carbocycles. The highest BCUT2D eigenvalue weighted by molar-refractivity contribution is 6.35. The van der Waals surface area contributed by atoms with Gasteiger partial charge in [-0.25, -0.2) is 0 Å². The lowest BCUT2D eigenvalue weighted by Crippen LogP contribution is -2.32. The van der Waals surface area contributed by atoms with Crippen LogP contribution in [0.3, 0.4) is 0 Å². The predicted molar refractivity (Wildman–Crippen MR) is 127 cm³/mol. The number of ketones is 1. The van der Waals surface area contributed by atoms with Crippen molar-refractivity contribution in [2.24, 2.45) is 0 Å². The first-order valence-electron chi connectivity index (χ1n) is 10.0. The van der Waals surface area contributed by atoms with Crippen LogP contribution >= 0.6 is 34.8 Å². The van der Waals surface area contributed by atoms with Gasteiger partial charge in [-0.3, -0.25) is 9.69 Å². The summed E-state index contributed by atoms with van der Waals surface area (Å²) in [5.41, 5.74) is 4.08. The number of fused-ring (bicyclic) bond motifs is 2. The van der Waals surface area contributed by atoms with Crippen LogP contribution in [-0.4, -0.2) is 17.4 Å². The molecular formula is C25H18Cl3NO3. The fourth-order valence-corrected chi connectivity index (χ4v) is 4.70. The second-order valence-electron chi connectivity index (χ2n) is 7.86. The molecule has 7 heteroatoms. The van der Waals surface area contributed by atoms with E-state index < -0.39 is 0 Å². The third-order valence-corrected chi connectivity index (χ3v) is 6.38. The van der Waals surface area contributed by atoms with Gasteiger partial charge in [0.2, 0.25) is 5.78 Å². The van der Waals surface area contributed by atoms with Gasteiger partial charge in [-0.1, -0.05) is 53.0 Å². The lowest BCUT2D eigenvalue weighted by molar-refractivity contribution is 0.0877. The fraction of sp³-hybridized carbons (Fsp3) is 0.160. The van der Waals surface area contributed by atoms with Crippen LogP contribution < -0.4 is 9.47 Å². The number of rotatable bonds is 3.